The number of rotatable bonds is 7. The Balaban J connectivity index is 1.54. The van der Waals surface area contributed by atoms with Gasteiger partial charge in [0.25, 0.3) is 5.89 Å². The van der Waals surface area contributed by atoms with Crippen LogP contribution in [0.1, 0.15) is 11.5 Å². The summed E-state index contributed by atoms with van der Waals surface area (Å²) >= 11 is 0. The van der Waals surface area contributed by atoms with E-state index in [2.05, 4.69) is 10.1 Å². The van der Waals surface area contributed by atoms with Gasteiger partial charge in [-0.25, -0.2) is 4.79 Å². The Bertz CT molecular complexity index is 914. The minimum absolute atomic E-state index is 0.102. The molecular weight excluding hydrogens is 348 g/mol. The third-order valence-electron chi connectivity index (χ3n) is 3.68. The highest BCUT2D eigenvalue weighted by molar-refractivity contribution is 5.87. The zero-order chi connectivity index (χ0) is 19.1. The minimum atomic E-state index is -0.505. The summed E-state index contributed by atoms with van der Waals surface area (Å²) in [5.74, 6) is 1.61. The topological polar surface area (TPSA) is 83.7 Å². The SMILES string of the molecule is COc1ccc(/C=C/C(=O)OCc2nc(-c3ccc(OC)cc3)no2)cc1. The second-order valence-corrected chi connectivity index (χ2v) is 5.45. The number of benzene rings is 2. The molecule has 2 aromatic carbocycles. The second kappa shape index (κ2) is 8.66. The molecule has 0 N–H and O–H groups in total. The molecule has 0 unspecified atom stereocenters. The van der Waals surface area contributed by atoms with E-state index in [0.717, 1.165) is 22.6 Å². The van der Waals surface area contributed by atoms with Gasteiger partial charge in [-0.15, -0.1) is 0 Å². The first-order valence-electron chi connectivity index (χ1n) is 8.14. The van der Waals surface area contributed by atoms with E-state index in [1.54, 1.807) is 32.4 Å². The minimum Gasteiger partial charge on any atom is -0.497 e. The maximum atomic E-state index is 11.8. The second-order valence-electron chi connectivity index (χ2n) is 5.45. The average Bonchev–Trinajstić information content (AvgIpc) is 3.20. The highest BCUT2D eigenvalue weighted by Gasteiger charge is 2.10. The maximum Gasteiger partial charge on any atom is 0.331 e. The van der Waals surface area contributed by atoms with Crippen LogP contribution in [0.5, 0.6) is 11.5 Å². The molecule has 7 heteroatoms. The van der Waals surface area contributed by atoms with Crippen molar-refractivity contribution >= 4 is 12.0 Å². The number of carbonyl (C=O) groups is 1. The lowest BCUT2D eigenvalue weighted by molar-refractivity contribution is -0.139. The van der Waals surface area contributed by atoms with Crippen LogP contribution in [0.3, 0.4) is 0 Å². The first-order chi connectivity index (χ1) is 13.2. The standard InChI is InChI=1S/C20H18N2O5/c1-24-16-8-3-14(4-9-16)5-12-19(23)26-13-18-21-20(22-27-18)15-6-10-17(25-2)11-7-15/h3-12H,13H2,1-2H3/b12-5+. The van der Waals surface area contributed by atoms with Gasteiger partial charge in [-0.1, -0.05) is 17.3 Å². The van der Waals surface area contributed by atoms with Gasteiger partial charge in [0.05, 0.1) is 14.2 Å². The zero-order valence-electron chi connectivity index (χ0n) is 14.9. The Morgan fingerprint density at radius 1 is 1.00 bits per heavy atom. The lowest BCUT2D eigenvalue weighted by Gasteiger charge is -1.99. The van der Waals surface area contributed by atoms with Crippen molar-refractivity contribution in [1.29, 1.82) is 0 Å². The van der Waals surface area contributed by atoms with Crippen molar-refractivity contribution in [2.45, 2.75) is 6.61 Å². The van der Waals surface area contributed by atoms with Crippen LogP contribution in [0, 0.1) is 0 Å². The molecule has 0 saturated carbocycles. The van der Waals surface area contributed by atoms with Crippen molar-refractivity contribution < 1.29 is 23.5 Å². The summed E-state index contributed by atoms with van der Waals surface area (Å²) in [4.78, 5) is 16.0. The van der Waals surface area contributed by atoms with Crippen molar-refractivity contribution in [1.82, 2.24) is 10.1 Å². The predicted molar refractivity (Wildman–Crippen MR) is 98.1 cm³/mol. The summed E-state index contributed by atoms with van der Waals surface area (Å²) in [5.41, 5.74) is 1.63. The maximum absolute atomic E-state index is 11.8. The highest BCUT2D eigenvalue weighted by Crippen LogP contribution is 2.20. The van der Waals surface area contributed by atoms with E-state index in [9.17, 15) is 4.79 Å². The van der Waals surface area contributed by atoms with Crippen molar-refractivity contribution in [2.24, 2.45) is 0 Å². The molecule has 0 aliphatic rings. The van der Waals surface area contributed by atoms with E-state index < -0.39 is 5.97 Å². The summed E-state index contributed by atoms with van der Waals surface area (Å²) in [6, 6.07) is 14.5. The molecule has 0 spiro atoms. The predicted octanol–water partition coefficient (Wildman–Crippen LogP) is 3.51. The largest absolute Gasteiger partial charge is 0.497 e. The molecule has 1 heterocycles. The quantitative estimate of drug-likeness (QED) is 0.467. The molecule has 1 aromatic heterocycles. The van der Waals surface area contributed by atoms with E-state index in [1.807, 2.05) is 36.4 Å². The fourth-order valence-corrected chi connectivity index (χ4v) is 2.23. The fraction of sp³-hybridized carbons (Fsp3) is 0.150. The van der Waals surface area contributed by atoms with Crippen LogP contribution < -0.4 is 9.47 Å². The number of methoxy groups -OCH3 is 2. The van der Waals surface area contributed by atoms with E-state index in [4.69, 9.17) is 18.7 Å². The van der Waals surface area contributed by atoms with Crippen LogP contribution in [0.25, 0.3) is 17.5 Å². The third kappa shape index (κ3) is 4.94. The monoisotopic (exact) mass is 366 g/mol. The number of nitrogens with zero attached hydrogens (tertiary/aromatic N) is 2. The van der Waals surface area contributed by atoms with Crippen molar-refractivity contribution in [3.8, 4) is 22.9 Å². The molecule has 0 radical (unpaired) electrons. The highest BCUT2D eigenvalue weighted by atomic mass is 16.6. The van der Waals surface area contributed by atoms with Crippen LogP contribution in [-0.2, 0) is 16.1 Å². The zero-order valence-corrected chi connectivity index (χ0v) is 14.9. The average molecular weight is 366 g/mol. The van der Waals surface area contributed by atoms with Gasteiger partial charge in [0.1, 0.15) is 11.5 Å². The molecule has 0 fully saturated rings. The Hall–Kier alpha value is -3.61. The Kier molecular flexibility index (Phi) is 5.84. The summed E-state index contributed by atoms with van der Waals surface area (Å²) in [6.45, 7) is -0.102. The summed E-state index contributed by atoms with van der Waals surface area (Å²) in [5, 5.41) is 3.88. The van der Waals surface area contributed by atoms with Crippen molar-refractivity contribution in [2.75, 3.05) is 14.2 Å². The summed E-state index contributed by atoms with van der Waals surface area (Å²) in [6.07, 6.45) is 2.99. The molecule has 27 heavy (non-hydrogen) atoms. The van der Waals surface area contributed by atoms with Gasteiger partial charge >= 0.3 is 5.97 Å². The Labute approximate surface area is 156 Å². The summed E-state index contributed by atoms with van der Waals surface area (Å²) in [7, 11) is 3.19. The lowest BCUT2D eigenvalue weighted by Crippen LogP contribution is -2.01. The van der Waals surface area contributed by atoms with Crippen LogP contribution in [-0.4, -0.2) is 30.3 Å². The molecule has 0 atom stereocenters. The third-order valence-corrected chi connectivity index (χ3v) is 3.68. The van der Waals surface area contributed by atoms with Gasteiger partial charge in [-0.05, 0) is 48.0 Å². The number of ether oxygens (including phenoxy) is 3. The normalized spacial score (nSPS) is 10.7. The van der Waals surface area contributed by atoms with Gasteiger partial charge in [-0.3, -0.25) is 0 Å². The van der Waals surface area contributed by atoms with Gasteiger partial charge in [0.2, 0.25) is 5.82 Å². The van der Waals surface area contributed by atoms with Crippen LogP contribution in [0.4, 0.5) is 0 Å². The molecule has 3 rings (SSSR count). The Morgan fingerprint density at radius 3 is 2.26 bits per heavy atom. The molecule has 0 bridgehead atoms. The molecule has 0 saturated heterocycles. The summed E-state index contributed by atoms with van der Waals surface area (Å²) < 4.78 is 20.4. The molecule has 7 nitrogen and oxygen atoms in total. The van der Waals surface area contributed by atoms with Crippen LogP contribution in [0.15, 0.2) is 59.1 Å². The molecule has 3 aromatic rings. The smallest absolute Gasteiger partial charge is 0.331 e. The molecule has 0 amide bonds. The first-order valence-corrected chi connectivity index (χ1v) is 8.14. The van der Waals surface area contributed by atoms with Gasteiger partial charge < -0.3 is 18.7 Å². The van der Waals surface area contributed by atoms with Gasteiger partial charge in [0, 0.05) is 11.6 Å². The molecular formula is C20H18N2O5. The van der Waals surface area contributed by atoms with Gasteiger partial charge in [0.15, 0.2) is 6.61 Å². The first kappa shape index (κ1) is 18.2. The fourth-order valence-electron chi connectivity index (χ4n) is 2.23. The molecule has 138 valence electrons. The number of esters is 1. The van der Waals surface area contributed by atoms with Gasteiger partial charge in [-0.2, -0.15) is 4.98 Å². The number of hydrogen-bond acceptors (Lipinski definition) is 7. The van der Waals surface area contributed by atoms with E-state index >= 15 is 0 Å². The number of hydrogen-bond donors (Lipinski definition) is 0. The van der Waals surface area contributed by atoms with Crippen molar-refractivity contribution in [3.05, 3.63) is 66.1 Å². The van der Waals surface area contributed by atoms with Crippen molar-refractivity contribution in [3.63, 3.8) is 0 Å². The van der Waals surface area contributed by atoms with Crippen LogP contribution in [0.2, 0.25) is 0 Å². The van der Waals surface area contributed by atoms with Crippen LogP contribution >= 0.6 is 0 Å². The number of aromatic nitrogens is 2. The lowest BCUT2D eigenvalue weighted by atomic mass is 10.2. The van der Waals surface area contributed by atoms with E-state index in [1.165, 1.54) is 6.08 Å². The van der Waals surface area contributed by atoms with E-state index in [-0.39, 0.29) is 12.5 Å². The molecule has 0 aliphatic carbocycles. The number of carbonyl (C=O) groups excluding carboxylic acids is 1. The van der Waals surface area contributed by atoms with E-state index in [0.29, 0.717) is 5.82 Å². The Morgan fingerprint density at radius 2 is 1.63 bits per heavy atom. The molecule has 0 aliphatic heterocycles.